The summed E-state index contributed by atoms with van der Waals surface area (Å²) >= 11 is 0. The van der Waals surface area contributed by atoms with Crippen LogP contribution in [0.25, 0.3) is 0 Å². The van der Waals surface area contributed by atoms with E-state index in [0.717, 1.165) is 30.7 Å². The molecule has 1 fully saturated rings. The van der Waals surface area contributed by atoms with E-state index in [1.165, 1.54) is 0 Å². The van der Waals surface area contributed by atoms with Crippen molar-refractivity contribution in [1.82, 2.24) is 14.9 Å². The van der Waals surface area contributed by atoms with Gasteiger partial charge in [-0.15, -0.1) is 0 Å². The Labute approximate surface area is 154 Å². The molecule has 1 unspecified atom stereocenters. The molecule has 2 heterocycles. The van der Waals surface area contributed by atoms with E-state index < -0.39 is 0 Å². The number of carbonyl (C=O) groups excluding carboxylic acids is 1. The van der Waals surface area contributed by atoms with Crippen molar-refractivity contribution < 1.29 is 9.53 Å². The zero-order valence-electron chi connectivity index (χ0n) is 15.7. The molecule has 0 bridgehead atoms. The van der Waals surface area contributed by atoms with Crippen molar-refractivity contribution in [1.29, 1.82) is 0 Å². The molecule has 1 amide bonds. The van der Waals surface area contributed by atoms with E-state index in [4.69, 9.17) is 4.74 Å². The Bertz CT molecular complexity index is 730. The van der Waals surface area contributed by atoms with Crippen LogP contribution >= 0.6 is 0 Å². The number of likely N-dealkylation sites (tertiary alicyclic amines) is 1. The Morgan fingerprint density at radius 3 is 2.62 bits per heavy atom. The fraction of sp³-hybridized carbons (Fsp3) is 0.450. The highest BCUT2D eigenvalue weighted by molar-refractivity contribution is 5.94. The van der Waals surface area contributed by atoms with Crippen molar-refractivity contribution in [2.45, 2.75) is 32.7 Å². The predicted molar refractivity (Wildman–Crippen MR) is 102 cm³/mol. The molecule has 3 rings (SSSR count). The minimum Gasteiger partial charge on any atom is -0.494 e. The van der Waals surface area contributed by atoms with Crippen LogP contribution in [0.2, 0.25) is 0 Å². The van der Waals surface area contributed by atoms with Crippen LogP contribution in [0.3, 0.4) is 0 Å². The first kappa shape index (κ1) is 18.2. The van der Waals surface area contributed by atoms with Gasteiger partial charge in [0, 0.05) is 44.1 Å². The van der Waals surface area contributed by atoms with Crippen LogP contribution in [0, 0.1) is 6.92 Å². The van der Waals surface area contributed by atoms with Crippen molar-refractivity contribution in [2.75, 3.05) is 31.6 Å². The fourth-order valence-corrected chi connectivity index (χ4v) is 3.23. The molecule has 0 spiro atoms. The second-order valence-corrected chi connectivity index (χ2v) is 6.68. The number of nitrogens with zero attached hydrogens (tertiary/aromatic N) is 4. The number of piperidine rings is 1. The lowest BCUT2D eigenvalue weighted by Crippen LogP contribution is -2.49. The Kier molecular flexibility index (Phi) is 5.71. The van der Waals surface area contributed by atoms with Gasteiger partial charge in [0.15, 0.2) is 0 Å². The first-order valence-corrected chi connectivity index (χ1v) is 9.12. The summed E-state index contributed by atoms with van der Waals surface area (Å²) < 4.78 is 5.45. The van der Waals surface area contributed by atoms with Crippen molar-refractivity contribution in [3.63, 3.8) is 0 Å². The molecule has 0 saturated carbocycles. The summed E-state index contributed by atoms with van der Waals surface area (Å²) in [6, 6.07) is 7.60. The predicted octanol–water partition coefficient (Wildman–Crippen LogP) is 2.92. The number of aryl methyl sites for hydroxylation is 1. The number of rotatable bonds is 5. The molecule has 1 aliphatic rings. The van der Waals surface area contributed by atoms with Gasteiger partial charge in [0.2, 0.25) is 5.95 Å². The highest BCUT2D eigenvalue weighted by Crippen LogP contribution is 2.21. The SMILES string of the molecule is CCOc1ccc(C(=O)N2CCCC(N(C)c3ncc(C)cn3)C2)cc1. The van der Waals surface area contributed by atoms with Gasteiger partial charge in [-0.1, -0.05) is 0 Å². The van der Waals surface area contributed by atoms with Gasteiger partial charge in [0.1, 0.15) is 5.75 Å². The van der Waals surface area contributed by atoms with Crippen LogP contribution in [0.15, 0.2) is 36.7 Å². The summed E-state index contributed by atoms with van der Waals surface area (Å²) in [7, 11) is 2.00. The van der Waals surface area contributed by atoms with E-state index in [1.807, 2.05) is 62.5 Å². The molecule has 26 heavy (non-hydrogen) atoms. The maximum absolute atomic E-state index is 12.9. The summed E-state index contributed by atoms with van der Waals surface area (Å²) in [6.07, 6.45) is 5.65. The lowest BCUT2D eigenvalue weighted by molar-refractivity contribution is 0.0707. The average Bonchev–Trinajstić information content (AvgIpc) is 2.68. The zero-order chi connectivity index (χ0) is 18.5. The maximum Gasteiger partial charge on any atom is 0.253 e. The molecule has 0 aliphatic carbocycles. The second-order valence-electron chi connectivity index (χ2n) is 6.68. The van der Waals surface area contributed by atoms with Crippen LogP contribution in [0.4, 0.5) is 5.95 Å². The summed E-state index contributed by atoms with van der Waals surface area (Å²) in [6.45, 7) is 6.00. The van der Waals surface area contributed by atoms with Gasteiger partial charge in [-0.2, -0.15) is 0 Å². The van der Waals surface area contributed by atoms with Crippen molar-refractivity contribution in [3.05, 3.63) is 47.8 Å². The molecule has 1 aromatic heterocycles. The molecule has 6 heteroatoms. The third-order valence-electron chi connectivity index (χ3n) is 4.73. The van der Waals surface area contributed by atoms with Crippen molar-refractivity contribution >= 4 is 11.9 Å². The summed E-state index contributed by atoms with van der Waals surface area (Å²) in [5, 5.41) is 0. The second kappa shape index (κ2) is 8.17. The van der Waals surface area contributed by atoms with Crippen LogP contribution < -0.4 is 9.64 Å². The molecular formula is C20H26N4O2. The Hall–Kier alpha value is -2.63. The van der Waals surface area contributed by atoms with Gasteiger partial charge in [-0.05, 0) is 56.5 Å². The molecule has 1 saturated heterocycles. The Morgan fingerprint density at radius 2 is 1.96 bits per heavy atom. The zero-order valence-corrected chi connectivity index (χ0v) is 15.7. The van der Waals surface area contributed by atoms with E-state index in [2.05, 4.69) is 14.9 Å². The maximum atomic E-state index is 12.9. The number of likely N-dealkylation sites (N-methyl/N-ethyl adjacent to an activating group) is 1. The van der Waals surface area contributed by atoms with Gasteiger partial charge in [0.05, 0.1) is 6.61 Å². The van der Waals surface area contributed by atoms with Gasteiger partial charge in [-0.3, -0.25) is 4.79 Å². The van der Waals surface area contributed by atoms with Crippen molar-refractivity contribution in [3.8, 4) is 5.75 Å². The van der Waals surface area contributed by atoms with Gasteiger partial charge < -0.3 is 14.5 Å². The molecule has 2 aromatic rings. The number of hydrogen-bond acceptors (Lipinski definition) is 5. The van der Waals surface area contributed by atoms with E-state index in [0.29, 0.717) is 24.7 Å². The molecule has 0 N–H and O–H groups in total. The Balaban J connectivity index is 1.67. The summed E-state index contributed by atoms with van der Waals surface area (Å²) in [4.78, 5) is 25.7. The number of amides is 1. The molecule has 0 radical (unpaired) electrons. The number of aromatic nitrogens is 2. The largest absolute Gasteiger partial charge is 0.494 e. The standard InChI is InChI=1S/C20H26N4O2/c1-4-26-18-9-7-16(8-10-18)19(25)24-11-5-6-17(14-24)23(3)20-21-12-15(2)13-22-20/h7-10,12-13,17H,4-6,11,14H2,1-3H3. The number of hydrogen-bond donors (Lipinski definition) is 0. The quantitative estimate of drug-likeness (QED) is 0.826. The lowest BCUT2D eigenvalue weighted by atomic mass is 10.0. The van der Waals surface area contributed by atoms with Crippen LogP contribution in [0.1, 0.15) is 35.7 Å². The topological polar surface area (TPSA) is 58.6 Å². The minimum absolute atomic E-state index is 0.0657. The van der Waals surface area contributed by atoms with Crippen LogP contribution in [-0.2, 0) is 0 Å². The summed E-state index contributed by atoms with van der Waals surface area (Å²) in [5.74, 6) is 1.56. The normalized spacial score (nSPS) is 17.0. The highest BCUT2D eigenvalue weighted by Gasteiger charge is 2.28. The first-order chi connectivity index (χ1) is 12.6. The smallest absolute Gasteiger partial charge is 0.253 e. The van der Waals surface area contributed by atoms with E-state index in [-0.39, 0.29) is 11.9 Å². The molecular weight excluding hydrogens is 328 g/mol. The third kappa shape index (κ3) is 4.12. The van der Waals surface area contributed by atoms with Crippen molar-refractivity contribution in [2.24, 2.45) is 0 Å². The molecule has 1 aromatic carbocycles. The monoisotopic (exact) mass is 354 g/mol. The molecule has 6 nitrogen and oxygen atoms in total. The number of anilines is 1. The third-order valence-corrected chi connectivity index (χ3v) is 4.73. The average molecular weight is 354 g/mol. The number of ether oxygens (including phenoxy) is 1. The van der Waals surface area contributed by atoms with Crippen LogP contribution in [-0.4, -0.2) is 53.6 Å². The van der Waals surface area contributed by atoms with Gasteiger partial charge >= 0.3 is 0 Å². The molecule has 138 valence electrons. The van der Waals surface area contributed by atoms with Gasteiger partial charge in [-0.25, -0.2) is 9.97 Å². The van der Waals surface area contributed by atoms with Crippen LogP contribution in [0.5, 0.6) is 5.75 Å². The van der Waals surface area contributed by atoms with E-state index >= 15 is 0 Å². The van der Waals surface area contributed by atoms with E-state index in [1.54, 1.807) is 0 Å². The van der Waals surface area contributed by atoms with E-state index in [9.17, 15) is 4.79 Å². The fourth-order valence-electron chi connectivity index (χ4n) is 3.23. The minimum atomic E-state index is 0.0657. The molecule has 1 aliphatic heterocycles. The Morgan fingerprint density at radius 1 is 1.27 bits per heavy atom. The number of carbonyl (C=O) groups is 1. The summed E-state index contributed by atoms with van der Waals surface area (Å²) in [5.41, 5.74) is 1.74. The highest BCUT2D eigenvalue weighted by atomic mass is 16.5. The molecule has 1 atom stereocenters. The first-order valence-electron chi connectivity index (χ1n) is 9.12. The number of benzene rings is 1. The lowest BCUT2D eigenvalue weighted by Gasteiger charge is -2.37. The van der Waals surface area contributed by atoms with Gasteiger partial charge in [0.25, 0.3) is 5.91 Å².